The topological polar surface area (TPSA) is 53.9 Å². The Morgan fingerprint density at radius 3 is 2.58 bits per heavy atom. The Labute approximate surface area is 141 Å². The molecular weight excluding hydrogens is 298 g/mol. The van der Waals surface area contributed by atoms with Crippen molar-refractivity contribution in [3.8, 4) is 11.3 Å². The number of fused-ring (bicyclic) bond motifs is 1. The first-order valence-corrected chi connectivity index (χ1v) is 8.41. The van der Waals surface area contributed by atoms with Crippen LogP contribution in [0.1, 0.15) is 12.8 Å². The summed E-state index contributed by atoms with van der Waals surface area (Å²) in [5.74, 6) is 1.04. The lowest BCUT2D eigenvalue weighted by atomic mass is 10.0. The number of anilines is 1. The fourth-order valence-corrected chi connectivity index (χ4v) is 3.39. The SMILES string of the molecule is CN(c1nc(-c2ccncc2)cc2cnccc12)C1CCNCC1. The summed E-state index contributed by atoms with van der Waals surface area (Å²) in [6, 6.07) is 8.68. The predicted molar refractivity (Wildman–Crippen MR) is 97.1 cm³/mol. The van der Waals surface area contributed by atoms with Crippen LogP contribution in [0.15, 0.2) is 49.1 Å². The molecule has 5 nitrogen and oxygen atoms in total. The number of aromatic nitrogens is 3. The summed E-state index contributed by atoms with van der Waals surface area (Å²) in [7, 11) is 2.16. The van der Waals surface area contributed by atoms with E-state index in [1.54, 1.807) is 12.4 Å². The van der Waals surface area contributed by atoms with Crippen LogP contribution in [0.5, 0.6) is 0 Å². The quantitative estimate of drug-likeness (QED) is 0.804. The highest BCUT2D eigenvalue weighted by Crippen LogP contribution is 2.30. The van der Waals surface area contributed by atoms with E-state index in [1.165, 1.54) is 0 Å². The zero-order valence-corrected chi connectivity index (χ0v) is 13.8. The molecule has 0 bridgehead atoms. The van der Waals surface area contributed by atoms with Crippen molar-refractivity contribution in [1.29, 1.82) is 0 Å². The van der Waals surface area contributed by atoms with Crippen LogP contribution in [-0.2, 0) is 0 Å². The average molecular weight is 319 g/mol. The highest BCUT2D eigenvalue weighted by atomic mass is 15.2. The minimum Gasteiger partial charge on any atom is -0.356 e. The van der Waals surface area contributed by atoms with Crippen LogP contribution in [-0.4, -0.2) is 41.1 Å². The van der Waals surface area contributed by atoms with Gasteiger partial charge in [0.1, 0.15) is 5.82 Å². The smallest absolute Gasteiger partial charge is 0.137 e. The Balaban J connectivity index is 1.83. The highest BCUT2D eigenvalue weighted by Gasteiger charge is 2.21. The lowest BCUT2D eigenvalue weighted by Crippen LogP contribution is -2.41. The first-order valence-electron chi connectivity index (χ1n) is 8.41. The molecule has 3 aromatic rings. The Kier molecular flexibility index (Phi) is 4.09. The van der Waals surface area contributed by atoms with Gasteiger partial charge in [0.25, 0.3) is 0 Å². The minimum atomic E-state index is 0.516. The molecule has 1 aliphatic heterocycles. The van der Waals surface area contributed by atoms with Crippen LogP contribution < -0.4 is 10.2 Å². The molecule has 5 heteroatoms. The Morgan fingerprint density at radius 2 is 1.79 bits per heavy atom. The Bertz CT molecular complexity index is 828. The van der Waals surface area contributed by atoms with Gasteiger partial charge < -0.3 is 10.2 Å². The number of piperidine rings is 1. The summed E-state index contributed by atoms with van der Waals surface area (Å²) in [4.78, 5) is 15.7. The van der Waals surface area contributed by atoms with Gasteiger partial charge in [-0.2, -0.15) is 0 Å². The van der Waals surface area contributed by atoms with Crippen molar-refractivity contribution in [2.24, 2.45) is 0 Å². The lowest BCUT2D eigenvalue weighted by Gasteiger charge is -2.33. The van der Waals surface area contributed by atoms with Gasteiger partial charge >= 0.3 is 0 Å². The fourth-order valence-electron chi connectivity index (χ4n) is 3.39. The van der Waals surface area contributed by atoms with Crippen LogP contribution in [0.3, 0.4) is 0 Å². The molecule has 1 aliphatic rings. The van der Waals surface area contributed by atoms with Crippen molar-refractivity contribution < 1.29 is 0 Å². The second-order valence-electron chi connectivity index (χ2n) is 6.26. The zero-order valence-electron chi connectivity index (χ0n) is 13.8. The summed E-state index contributed by atoms with van der Waals surface area (Å²) in [6.45, 7) is 2.14. The summed E-state index contributed by atoms with van der Waals surface area (Å²) in [6.07, 6.45) is 9.66. The molecule has 3 aromatic heterocycles. The maximum Gasteiger partial charge on any atom is 0.137 e. The van der Waals surface area contributed by atoms with Crippen molar-refractivity contribution in [2.75, 3.05) is 25.0 Å². The molecule has 0 aromatic carbocycles. The van der Waals surface area contributed by atoms with E-state index in [0.717, 1.165) is 53.8 Å². The van der Waals surface area contributed by atoms with Crippen LogP contribution in [0.2, 0.25) is 0 Å². The van der Waals surface area contributed by atoms with Gasteiger partial charge in [-0.05, 0) is 50.2 Å². The van der Waals surface area contributed by atoms with E-state index < -0.39 is 0 Å². The highest BCUT2D eigenvalue weighted by molar-refractivity contribution is 5.94. The van der Waals surface area contributed by atoms with E-state index >= 15 is 0 Å². The van der Waals surface area contributed by atoms with Crippen molar-refractivity contribution in [3.05, 3.63) is 49.1 Å². The molecule has 4 rings (SSSR count). The third kappa shape index (κ3) is 2.83. The number of pyridine rings is 3. The molecule has 0 saturated carbocycles. The molecule has 122 valence electrons. The second kappa shape index (κ2) is 6.53. The predicted octanol–water partition coefficient (Wildman–Crippen LogP) is 2.88. The van der Waals surface area contributed by atoms with Crippen molar-refractivity contribution in [3.63, 3.8) is 0 Å². The number of nitrogens with zero attached hydrogens (tertiary/aromatic N) is 4. The van der Waals surface area contributed by atoms with E-state index in [0.29, 0.717) is 6.04 Å². The number of hydrogen-bond acceptors (Lipinski definition) is 5. The van der Waals surface area contributed by atoms with Crippen molar-refractivity contribution in [1.82, 2.24) is 20.3 Å². The largest absolute Gasteiger partial charge is 0.356 e. The van der Waals surface area contributed by atoms with Crippen molar-refractivity contribution >= 4 is 16.6 Å². The molecule has 0 spiro atoms. The fraction of sp³-hybridized carbons (Fsp3) is 0.316. The summed E-state index contributed by atoms with van der Waals surface area (Å²) in [5.41, 5.74) is 2.05. The molecule has 1 fully saturated rings. The van der Waals surface area contributed by atoms with Crippen LogP contribution in [0.4, 0.5) is 5.82 Å². The number of nitrogens with one attached hydrogen (secondary N) is 1. The molecule has 0 amide bonds. The molecular formula is C19H21N5. The van der Waals surface area contributed by atoms with Gasteiger partial charge in [0.15, 0.2) is 0 Å². The molecule has 0 radical (unpaired) electrons. The lowest BCUT2D eigenvalue weighted by molar-refractivity contribution is 0.442. The van der Waals surface area contributed by atoms with E-state index in [2.05, 4.69) is 39.4 Å². The van der Waals surface area contributed by atoms with Gasteiger partial charge in [0.2, 0.25) is 0 Å². The summed E-state index contributed by atoms with van der Waals surface area (Å²) >= 11 is 0. The molecule has 24 heavy (non-hydrogen) atoms. The maximum atomic E-state index is 5.00. The van der Waals surface area contributed by atoms with E-state index in [9.17, 15) is 0 Å². The molecule has 1 N–H and O–H groups in total. The number of hydrogen-bond donors (Lipinski definition) is 1. The maximum absolute atomic E-state index is 5.00. The molecule has 1 saturated heterocycles. The van der Waals surface area contributed by atoms with Gasteiger partial charge in [0, 0.05) is 54.2 Å². The normalized spacial score (nSPS) is 15.5. The van der Waals surface area contributed by atoms with E-state index in [-0.39, 0.29) is 0 Å². The number of rotatable bonds is 3. The van der Waals surface area contributed by atoms with E-state index in [1.807, 2.05) is 24.5 Å². The zero-order chi connectivity index (χ0) is 16.4. The summed E-state index contributed by atoms with van der Waals surface area (Å²) in [5, 5.41) is 5.71. The third-order valence-corrected chi connectivity index (χ3v) is 4.78. The third-order valence-electron chi connectivity index (χ3n) is 4.78. The second-order valence-corrected chi connectivity index (χ2v) is 6.26. The van der Waals surface area contributed by atoms with Gasteiger partial charge in [-0.1, -0.05) is 0 Å². The van der Waals surface area contributed by atoms with E-state index in [4.69, 9.17) is 4.98 Å². The van der Waals surface area contributed by atoms with Crippen LogP contribution in [0.25, 0.3) is 22.0 Å². The van der Waals surface area contributed by atoms with Gasteiger partial charge in [0.05, 0.1) is 5.69 Å². The average Bonchev–Trinajstić information content (AvgIpc) is 2.68. The standard InChI is InChI=1S/C19H21N5/c1-24(16-4-9-21-10-5-16)19-17-6-11-22-13-15(17)12-18(23-19)14-2-7-20-8-3-14/h2-3,6-8,11-13,16,21H,4-5,9-10H2,1H3. The van der Waals surface area contributed by atoms with Gasteiger partial charge in [-0.15, -0.1) is 0 Å². The minimum absolute atomic E-state index is 0.516. The van der Waals surface area contributed by atoms with Crippen molar-refractivity contribution in [2.45, 2.75) is 18.9 Å². The van der Waals surface area contributed by atoms with Crippen LogP contribution >= 0.6 is 0 Å². The molecule has 0 aliphatic carbocycles. The first-order chi connectivity index (χ1) is 11.8. The Morgan fingerprint density at radius 1 is 1.04 bits per heavy atom. The monoisotopic (exact) mass is 319 g/mol. The van der Waals surface area contributed by atoms with Gasteiger partial charge in [-0.3, -0.25) is 9.97 Å². The first kappa shape index (κ1) is 15.0. The van der Waals surface area contributed by atoms with Crippen LogP contribution in [0, 0.1) is 0 Å². The van der Waals surface area contributed by atoms with Gasteiger partial charge in [-0.25, -0.2) is 4.98 Å². The molecule has 4 heterocycles. The Hall–Kier alpha value is -2.53. The summed E-state index contributed by atoms with van der Waals surface area (Å²) < 4.78 is 0. The molecule has 0 unspecified atom stereocenters. The molecule has 0 atom stereocenters.